The smallest absolute Gasteiger partial charge is 0.303 e. The average Bonchev–Trinajstić information content (AvgIpc) is 3.26. The van der Waals surface area contributed by atoms with Gasteiger partial charge in [0, 0.05) is 57.4 Å². The zero-order valence-corrected chi connectivity index (χ0v) is 40.0. The average molecular weight is 835 g/mol. The summed E-state index contributed by atoms with van der Waals surface area (Å²) in [5.74, 6) is -0.653. The van der Waals surface area contributed by atoms with Crippen LogP contribution in [0.3, 0.4) is 0 Å². The largest absolute Gasteiger partial charge is 0.481 e. The second-order valence-electron chi connectivity index (χ2n) is 17.8. The highest BCUT2D eigenvalue weighted by Crippen LogP contribution is 2.14. The summed E-state index contributed by atoms with van der Waals surface area (Å²) < 4.78 is 4.63. The number of rotatable bonds is 41. The van der Waals surface area contributed by atoms with Crippen LogP contribution in [-0.4, -0.2) is 33.3 Å². The van der Waals surface area contributed by atoms with Crippen molar-refractivity contribution < 1.29 is 9.90 Å². The molecule has 0 fully saturated rings. The summed E-state index contributed by atoms with van der Waals surface area (Å²) in [7, 11) is 0. The normalized spacial score (nSPS) is 11.1. The summed E-state index contributed by atoms with van der Waals surface area (Å²) in [6.45, 7) is 11.0. The molecule has 0 aliphatic rings. The van der Waals surface area contributed by atoms with Crippen molar-refractivity contribution in [1.82, 2.24) is 9.13 Å². The molecule has 0 bridgehead atoms. The van der Waals surface area contributed by atoms with Crippen molar-refractivity contribution in [2.45, 2.75) is 265 Å². The summed E-state index contributed by atoms with van der Waals surface area (Å²) in [5, 5.41) is 10.8. The lowest BCUT2D eigenvalue weighted by atomic mass is 10.0. The Hall–Kier alpha value is -2.63. The Morgan fingerprint density at radius 1 is 0.383 bits per heavy atom. The molecule has 0 unspecified atom stereocenters. The van der Waals surface area contributed by atoms with E-state index in [9.17, 15) is 4.79 Å². The molecule has 0 atom stereocenters. The Kier molecular flexibility index (Phi) is 41.0. The predicted molar refractivity (Wildman–Crippen MR) is 261 cm³/mol. The number of aryl methyl sites for hydroxylation is 2. The molecule has 6 nitrogen and oxygen atoms in total. The number of carboxylic acid groups (broad SMARTS) is 1. The van der Waals surface area contributed by atoms with Gasteiger partial charge in [0.05, 0.1) is 10.7 Å². The Labute approximate surface area is 371 Å². The summed E-state index contributed by atoms with van der Waals surface area (Å²) in [6.07, 6.45) is 55.7. The van der Waals surface area contributed by atoms with Crippen LogP contribution in [0.15, 0.2) is 59.0 Å². The molecule has 346 valence electrons. The standard InChI is InChI=1S/C36H62N4.C18H36O2/c1-3-5-7-9-15-19-27-37-35-23-31-39(32-24-35)29-21-17-13-11-12-14-18-22-30-40-33-25-36(26-34-40)38-28-20-16-10-8-6-4-2;1-2-3-4-5-6-7-8-9-10-11-12-13-14-15-16-17-18(19)20/h23-26,31-34H,3-22,27-30H2,1-2H3;2-17H2,1H3,(H,19,20). The maximum Gasteiger partial charge on any atom is 0.303 e. The first-order chi connectivity index (χ1) is 29.6. The molecule has 0 spiro atoms. The van der Waals surface area contributed by atoms with Gasteiger partial charge in [-0.1, -0.05) is 213 Å². The van der Waals surface area contributed by atoms with E-state index >= 15 is 0 Å². The van der Waals surface area contributed by atoms with E-state index in [0.29, 0.717) is 6.42 Å². The zero-order valence-electron chi connectivity index (χ0n) is 40.0. The molecule has 1 N–H and O–H groups in total. The fourth-order valence-electron chi connectivity index (χ4n) is 7.91. The molecular weight excluding hydrogens is 737 g/mol. The van der Waals surface area contributed by atoms with Crippen LogP contribution in [0.25, 0.3) is 0 Å². The van der Waals surface area contributed by atoms with E-state index in [1.807, 2.05) is 0 Å². The van der Waals surface area contributed by atoms with E-state index < -0.39 is 5.97 Å². The highest BCUT2D eigenvalue weighted by atomic mass is 16.4. The van der Waals surface area contributed by atoms with Gasteiger partial charge in [0.2, 0.25) is 0 Å². The Morgan fingerprint density at radius 3 is 0.917 bits per heavy atom. The highest BCUT2D eigenvalue weighted by molar-refractivity contribution is 5.66. The fourth-order valence-corrected chi connectivity index (χ4v) is 7.91. The third-order valence-electron chi connectivity index (χ3n) is 11.9. The molecule has 2 aromatic heterocycles. The minimum absolute atomic E-state index is 0.345. The summed E-state index contributed by atoms with van der Waals surface area (Å²) in [5.41, 5.74) is 0. The topological polar surface area (TPSA) is 71.9 Å². The van der Waals surface area contributed by atoms with Gasteiger partial charge in [0.1, 0.15) is 0 Å². The van der Waals surface area contributed by atoms with Crippen LogP contribution in [0.2, 0.25) is 0 Å². The van der Waals surface area contributed by atoms with Crippen LogP contribution in [0.1, 0.15) is 252 Å². The molecule has 0 saturated carbocycles. The van der Waals surface area contributed by atoms with Gasteiger partial charge in [-0.15, -0.1) is 0 Å². The lowest BCUT2D eigenvalue weighted by Crippen LogP contribution is -2.06. The van der Waals surface area contributed by atoms with Crippen molar-refractivity contribution >= 4 is 5.97 Å². The van der Waals surface area contributed by atoms with Crippen molar-refractivity contribution in [3.8, 4) is 0 Å². The fraction of sp³-hybridized carbons (Fsp3) is 0.796. The Bertz CT molecular complexity index is 1210. The number of unbranched alkanes of at least 4 members (excludes halogenated alkanes) is 31. The molecule has 0 saturated heterocycles. The summed E-state index contributed by atoms with van der Waals surface area (Å²) in [4.78, 5) is 19.8. The molecule has 2 heterocycles. The first-order valence-electron chi connectivity index (χ1n) is 26.1. The van der Waals surface area contributed by atoms with Gasteiger partial charge < -0.3 is 14.2 Å². The number of hydrogen-bond donors (Lipinski definition) is 1. The predicted octanol–water partition coefficient (Wildman–Crippen LogP) is 16.0. The summed E-state index contributed by atoms with van der Waals surface area (Å²) >= 11 is 0. The highest BCUT2D eigenvalue weighted by Gasteiger charge is 1.99. The second kappa shape index (κ2) is 44.4. The molecular formula is C54H98N4O2. The van der Waals surface area contributed by atoms with Crippen LogP contribution in [0.5, 0.6) is 0 Å². The van der Waals surface area contributed by atoms with Crippen LogP contribution in [0, 0.1) is 0 Å². The summed E-state index contributed by atoms with van der Waals surface area (Å²) in [6, 6.07) is 8.71. The van der Waals surface area contributed by atoms with E-state index in [-0.39, 0.29) is 0 Å². The molecule has 2 aromatic rings. The maximum atomic E-state index is 10.3. The third-order valence-corrected chi connectivity index (χ3v) is 11.9. The van der Waals surface area contributed by atoms with Gasteiger partial charge in [-0.3, -0.25) is 14.8 Å². The number of nitrogens with zero attached hydrogens (tertiary/aromatic N) is 4. The molecule has 0 aliphatic carbocycles. The van der Waals surface area contributed by atoms with E-state index in [1.165, 1.54) is 212 Å². The zero-order chi connectivity index (χ0) is 43.2. The molecule has 2 rings (SSSR count). The van der Waals surface area contributed by atoms with Gasteiger partial charge in [-0.2, -0.15) is 0 Å². The Morgan fingerprint density at radius 2 is 0.633 bits per heavy atom. The monoisotopic (exact) mass is 835 g/mol. The SMILES string of the molecule is CCCCCCCCCCCCCCCCCC(=O)O.CCCCCCCCN=c1ccn(CCCCCCCCCCn2ccc(=NCCCCCCCC)cc2)cc1. The van der Waals surface area contributed by atoms with Crippen LogP contribution >= 0.6 is 0 Å². The first kappa shape index (κ1) is 55.4. The van der Waals surface area contributed by atoms with Crippen molar-refractivity contribution in [3.05, 3.63) is 59.8 Å². The van der Waals surface area contributed by atoms with E-state index in [1.54, 1.807) is 0 Å². The molecule has 0 amide bonds. The van der Waals surface area contributed by atoms with Crippen molar-refractivity contribution in [1.29, 1.82) is 0 Å². The number of carbonyl (C=O) groups is 1. The number of hydrogen-bond acceptors (Lipinski definition) is 3. The number of aromatic nitrogens is 2. The van der Waals surface area contributed by atoms with Gasteiger partial charge >= 0.3 is 5.97 Å². The molecule has 6 heteroatoms. The molecule has 0 aromatic carbocycles. The van der Waals surface area contributed by atoms with Crippen molar-refractivity contribution in [3.63, 3.8) is 0 Å². The lowest BCUT2D eigenvalue weighted by Gasteiger charge is -2.07. The molecule has 60 heavy (non-hydrogen) atoms. The molecule has 0 radical (unpaired) electrons. The first-order valence-corrected chi connectivity index (χ1v) is 26.1. The van der Waals surface area contributed by atoms with E-state index in [4.69, 9.17) is 15.1 Å². The lowest BCUT2D eigenvalue weighted by molar-refractivity contribution is -0.137. The molecule has 0 aliphatic heterocycles. The van der Waals surface area contributed by atoms with Crippen LogP contribution in [0.4, 0.5) is 0 Å². The minimum atomic E-state index is -0.653. The van der Waals surface area contributed by atoms with Gasteiger partial charge in [0.25, 0.3) is 0 Å². The second-order valence-corrected chi connectivity index (χ2v) is 17.8. The Balaban J connectivity index is 0.000000757. The quantitative estimate of drug-likeness (QED) is 0.0678. The van der Waals surface area contributed by atoms with Gasteiger partial charge in [-0.25, -0.2) is 0 Å². The number of carboxylic acids is 1. The minimum Gasteiger partial charge on any atom is -0.481 e. The number of pyridine rings is 2. The van der Waals surface area contributed by atoms with E-state index in [2.05, 4.69) is 79.0 Å². The van der Waals surface area contributed by atoms with Gasteiger partial charge in [-0.05, 0) is 56.4 Å². The maximum absolute atomic E-state index is 10.3. The van der Waals surface area contributed by atoms with Gasteiger partial charge in [0.15, 0.2) is 0 Å². The third kappa shape index (κ3) is 38.3. The van der Waals surface area contributed by atoms with E-state index in [0.717, 1.165) is 49.7 Å². The van der Waals surface area contributed by atoms with Crippen LogP contribution < -0.4 is 10.7 Å². The number of aliphatic carboxylic acids is 1. The van der Waals surface area contributed by atoms with Crippen LogP contribution in [-0.2, 0) is 17.9 Å². The van der Waals surface area contributed by atoms with Crippen molar-refractivity contribution in [2.75, 3.05) is 13.1 Å². The van der Waals surface area contributed by atoms with Crippen molar-refractivity contribution in [2.24, 2.45) is 9.98 Å².